The quantitative estimate of drug-likeness (QED) is 0.902. The third kappa shape index (κ3) is 3.09. The second-order valence-corrected chi connectivity index (χ2v) is 7.32. The summed E-state index contributed by atoms with van der Waals surface area (Å²) in [5.74, 6) is 0. The maximum atomic E-state index is 3.45. The summed E-state index contributed by atoms with van der Waals surface area (Å²) in [4.78, 5) is 5.25. The minimum absolute atomic E-state index is 0.248. The molecule has 3 nitrogen and oxygen atoms in total. The summed E-state index contributed by atoms with van der Waals surface area (Å²) >= 11 is 0. The molecule has 1 aromatic carbocycles. The van der Waals surface area contributed by atoms with Crippen LogP contribution in [0.3, 0.4) is 0 Å². The van der Waals surface area contributed by atoms with E-state index in [0.717, 1.165) is 26.2 Å². The average Bonchev–Trinajstić information content (AvgIpc) is 2.98. The van der Waals surface area contributed by atoms with Gasteiger partial charge < -0.3 is 10.2 Å². The second-order valence-electron chi connectivity index (χ2n) is 7.32. The van der Waals surface area contributed by atoms with Gasteiger partial charge in [-0.1, -0.05) is 18.2 Å². The highest BCUT2D eigenvalue weighted by molar-refractivity contribution is 5.55. The van der Waals surface area contributed by atoms with E-state index < -0.39 is 0 Å². The Kier molecular flexibility index (Phi) is 4.23. The highest BCUT2D eigenvalue weighted by atomic mass is 15.2. The van der Waals surface area contributed by atoms with Crippen molar-refractivity contribution in [1.29, 1.82) is 0 Å². The summed E-state index contributed by atoms with van der Waals surface area (Å²) in [5, 5.41) is 3.45. The zero-order valence-corrected chi connectivity index (χ0v) is 13.7. The molecule has 0 amide bonds. The first kappa shape index (κ1) is 14.9. The Bertz CT molecular complexity index is 472. The highest BCUT2D eigenvalue weighted by Crippen LogP contribution is 2.40. The van der Waals surface area contributed by atoms with Gasteiger partial charge in [-0.25, -0.2) is 0 Å². The highest BCUT2D eigenvalue weighted by Gasteiger charge is 2.35. The summed E-state index contributed by atoms with van der Waals surface area (Å²) in [7, 11) is 0. The molecule has 3 rings (SSSR count). The Morgan fingerprint density at radius 3 is 2.48 bits per heavy atom. The van der Waals surface area contributed by atoms with Crippen LogP contribution in [0.15, 0.2) is 24.3 Å². The molecule has 2 aliphatic heterocycles. The molecule has 0 radical (unpaired) electrons. The van der Waals surface area contributed by atoms with E-state index >= 15 is 0 Å². The van der Waals surface area contributed by atoms with Crippen molar-refractivity contribution < 1.29 is 0 Å². The van der Waals surface area contributed by atoms with Gasteiger partial charge in [-0.2, -0.15) is 0 Å². The van der Waals surface area contributed by atoms with Crippen molar-refractivity contribution in [2.75, 3.05) is 37.6 Å². The van der Waals surface area contributed by atoms with Crippen molar-refractivity contribution >= 4 is 5.69 Å². The molecule has 1 unspecified atom stereocenters. The fraction of sp³-hybridized carbons (Fsp3) is 0.667. The molecule has 2 fully saturated rings. The Morgan fingerprint density at radius 1 is 1.05 bits per heavy atom. The third-order valence-corrected chi connectivity index (χ3v) is 4.87. The van der Waals surface area contributed by atoms with E-state index in [1.165, 1.54) is 30.6 Å². The van der Waals surface area contributed by atoms with Crippen molar-refractivity contribution in [3.05, 3.63) is 29.8 Å². The van der Waals surface area contributed by atoms with Gasteiger partial charge in [0.25, 0.3) is 0 Å². The molecule has 2 aliphatic rings. The molecule has 2 heterocycles. The van der Waals surface area contributed by atoms with Gasteiger partial charge in [-0.3, -0.25) is 4.90 Å². The molecule has 1 aromatic rings. The Morgan fingerprint density at radius 2 is 1.76 bits per heavy atom. The number of hydrogen-bond donors (Lipinski definition) is 1. The zero-order chi connectivity index (χ0) is 14.9. The molecule has 1 atom stereocenters. The number of rotatable bonds is 2. The molecule has 116 valence electrons. The SMILES string of the molecule is CC(C)(C)N1CCCC1c1ccccc1N1CCNCC1. The van der Waals surface area contributed by atoms with E-state index in [1.807, 2.05) is 0 Å². The van der Waals surface area contributed by atoms with Crippen LogP contribution < -0.4 is 10.2 Å². The Hall–Kier alpha value is -1.06. The lowest BCUT2D eigenvalue weighted by Crippen LogP contribution is -2.45. The van der Waals surface area contributed by atoms with Gasteiger partial charge in [0.1, 0.15) is 0 Å². The number of anilines is 1. The fourth-order valence-corrected chi connectivity index (χ4v) is 3.86. The monoisotopic (exact) mass is 287 g/mol. The maximum absolute atomic E-state index is 3.45. The van der Waals surface area contributed by atoms with Crippen LogP contribution in [0.1, 0.15) is 45.2 Å². The first-order valence-corrected chi connectivity index (χ1v) is 8.39. The van der Waals surface area contributed by atoms with Crippen LogP contribution in [0, 0.1) is 0 Å². The van der Waals surface area contributed by atoms with Crippen molar-refractivity contribution in [2.24, 2.45) is 0 Å². The molecule has 2 saturated heterocycles. The molecule has 0 saturated carbocycles. The van der Waals surface area contributed by atoms with Crippen molar-refractivity contribution in [2.45, 2.75) is 45.2 Å². The molecular weight excluding hydrogens is 258 g/mol. The summed E-state index contributed by atoms with van der Waals surface area (Å²) in [6, 6.07) is 9.65. The van der Waals surface area contributed by atoms with Gasteiger partial charge in [0.15, 0.2) is 0 Å². The molecule has 0 aromatic heterocycles. The summed E-state index contributed by atoms with van der Waals surface area (Å²) in [6.45, 7) is 12.7. The number of nitrogens with zero attached hydrogens (tertiary/aromatic N) is 2. The molecule has 0 aliphatic carbocycles. The lowest BCUT2D eigenvalue weighted by molar-refractivity contribution is 0.122. The van der Waals surface area contributed by atoms with Gasteiger partial charge in [-0.15, -0.1) is 0 Å². The number of likely N-dealkylation sites (tertiary alicyclic amines) is 1. The van der Waals surface area contributed by atoms with Gasteiger partial charge in [0.2, 0.25) is 0 Å². The third-order valence-electron chi connectivity index (χ3n) is 4.87. The van der Waals surface area contributed by atoms with E-state index in [0.29, 0.717) is 6.04 Å². The number of para-hydroxylation sites is 1. The smallest absolute Gasteiger partial charge is 0.0415 e. The maximum Gasteiger partial charge on any atom is 0.0415 e. The van der Waals surface area contributed by atoms with E-state index in [1.54, 1.807) is 0 Å². The fourth-order valence-electron chi connectivity index (χ4n) is 3.86. The Balaban J connectivity index is 1.91. The second kappa shape index (κ2) is 5.98. The van der Waals surface area contributed by atoms with Gasteiger partial charge in [0, 0.05) is 43.4 Å². The number of benzene rings is 1. The first-order chi connectivity index (χ1) is 10.1. The normalized spacial score (nSPS) is 24.5. The van der Waals surface area contributed by atoms with Crippen molar-refractivity contribution in [3.63, 3.8) is 0 Å². The van der Waals surface area contributed by atoms with Crippen LogP contribution in [0.5, 0.6) is 0 Å². The van der Waals surface area contributed by atoms with E-state index in [-0.39, 0.29) is 5.54 Å². The topological polar surface area (TPSA) is 18.5 Å². The van der Waals surface area contributed by atoms with E-state index in [2.05, 4.69) is 60.2 Å². The zero-order valence-electron chi connectivity index (χ0n) is 13.7. The minimum Gasteiger partial charge on any atom is -0.369 e. The van der Waals surface area contributed by atoms with Crippen LogP contribution in [0.4, 0.5) is 5.69 Å². The van der Waals surface area contributed by atoms with Crippen LogP contribution in [0.2, 0.25) is 0 Å². The van der Waals surface area contributed by atoms with Gasteiger partial charge in [0.05, 0.1) is 0 Å². The van der Waals surface area contributed by atoms with Crippen LogP contribution >= 0.6 is 0 Å². The standard InChI is InChI=1S/C18H29N3/c1-18(2,3)21-12-6-9-17(21)15-7-4-5-8-16(15)20-13-10-19-11-14-20/h4-5,7-8,17,19H,6,9-14H2,1-3H3. The number of hydrogen-bond acceptors (Lipinski definition) is 3. The molecular formula is C18H29N3. The van der Waals surface area contributed by atoms with Crippen molar-refractivity contribution in [3.8, 4) is 0 Å². The summed E-state index contributed by atoms with van der Waals surface area (Å²) < 4.78 is 0. The van der Waals surface area contributed by atoms with Crippen molar-refractivity contribution in [1.82, 2.24) is 10.2 Å². The van der Waals surface area contributed by atoms with Gasteiger partial charge in [-0.05, 0) is 51.8 Å². The Labute approximate surface area is 129 Å². The van der Waals surface area contributed by atoms with E-state index in [9.17, 15) is 0 Å². The molecule has 0 spiro atoms. The molecule has 1 N–H and O–H groups in total. The van der Waals surface area contributed by atoms with Crippen LogP contribution in [0.25, 0.3) is 0 Å². The van der Waals surface area contributed by atoms with E-state index in [4.69, 9.17) is 0 Å². The summed E-state index contributed by atoms with van der Waals surface area (Å²) in [6.07, 6.45) is 2.61. The number of piperazine rings is 1. The lowest BCUT2D eigenvalue weighted by Gasteiger charge is -2.39. The summed E-state index contributed by atoms with van der Waals surface area (Å²) in [5.41, 5.74) is 3.24. The van der Waals surface area contributed by atoms with Crippen LogP contribution in [-0.4, -0.2) is 43.2 Å². The molecule has 0 bridgehead atoms. The first-order valence-electron chi connectivity index (χ1n) is 8.39. The van der Waals surface area contributed by atoms with Gasteiger partial charge >= 0.3 is 0 Å². The predicted molar refractivity (Wildman–Crippen MR) is 90.0 cm³/mol. The lowest BCUT2D eigenvalue weighted by atomic mass is 9.97. The van der Waals surface area contributed by atoms with Crippen LogP contribution in [-0.2, 0) is 0 Å². The molecule has 21 heavy (non-hydrogen) atoms. The predicted octanol–water partition coefficient (Wildman–Crippen LogP) is 3.03. The molecule has 3 heteroatoms. The largest absolute Gasteiger partial charge is 0.369 e. The minimum atomic E-state index is 0.248. The number of nitrogens with one attached hydrogen (secondary N) is 1. The average molecular weight is 287 g/mol.